The average molecular weight is 431 g/mol. The second-order valence-corrected chi connectivity index (χ2v) is 7.92. The van der Waals surface area contributed by atoms with Crippen LogP contribution in [-0.2, 0) is 12.8 Å². The highest BCUT2D eigenvalue weighted by Gasteiger charge is 2.14. The van der Waals surface area contributed by atoms with E-state index in [4.69, 9.17) is 14.5 Å². The zero-order valence-corrected chi connectivity index (χ0v) is 19.6. The lowest BCUT2D eigenvalue weighted by Gasteiger charge is -2.14. The van der Waals surface area contributed by atoms with Gasteiger partial charge in [0.05, 0.1) is 20.4 Å². The summed E-state index contributed by atoms with van der Waals surface area (Å²) in [6, 6.07) is 10.3. The molecule has 4 aromatic rings. The maximum atomic E-state index is 5.65. The number of hydrogen-bond donors (Lipinski definition) is 1. The number of hydrogen-bond acceptors (Lipinski definition) is 5. The number of anilines is 2. The van der Waals surface area contributed by atoms with Crippen LogP contribution in [-0.4, -0.2) is 28.8 Å². The normalized spacial score (nSPS) is 11.1. The van der Waals surface area contributed by atoms with Crippen molar-refractivity contribution >= 4 is 17.2 Å². The van der Waals surface area contributed by atoms with Crippen molar-refractivity contribution in [2.75, 3.05) is 19.5 Å². The Morgan fingerprint density at radius 1 is 0.906 bits per heavy atom. The van der Waals surface area contributed by atoms with E-state index < -0.39 is 0 Å². The Bertz CT molecular complexity index is 1280. The standard InChI is InChI=1S/C26H30N4O2/c1-7-20-16(3)11-18(13-23(20)31-5)22-15-27-30-10-9-25(29-26(22)30)28-19-12-17(4)21(8-2)24(14-19)32-6/h9-15H,7-8H2,1-6H3,(H,28,29). The van der Waals surface area contributed by atoms with Crippen molar-refractivity contribution in [3.05, 3.63) is 65.0 Å². The Kier molecular flexibility index (Phi) is 6.04. The number of nitrogens with zero attached hydrogens (tertiary/aromatic N) is 3. The van der Waals surface area contributed by atoms with Crippen molar-refractivity contribution in [2.45, 2.75) is 40.5 Å². The molecule has 2 aromatic carbocycles. The fourth-order valence-corrected chi connectivity index (χ4v) is 4.36. The summed E-state index contributed by atoms with van der Waals surface area (Å²) in [6.07, 6.45) is 5.63. The predicted octanol–water partition coefficient (Wildman–Crippen LogP) is 5.90. The molecule has 0 aliphatic heterocycles. The molecule has 0 amide bonds. The SMILES string of the molecule is CCc1c(C)cc(Nc2ccn3ncc(-c4cc(C)c(CC)c(OC)c4)c3n2)cc1OC. The van der Waals surface area contributed by atoms with Crippen LogP contribution in [0, 0.1) is 13.8 Å². The first-order valence-corrected chi connectivity index (χ1v) is 11.0. The van der Waals surface area contributed by atoms with Crippen LogP contribution in [0.3, 0.4) is 0 Å². The van der Waals surface area contributed by atoms with Crippen LogP contribution in [0.4, 0.5) is 11.5 Å². The minimum Gasteiger partial charge on any atom is -0.496 e. The molecular weight excluding hydrogens is 400 g/mol. The number of benzene rings is 2. The summed E-state index contributed by atoms with van der Waals surface area (Å²) in [6.45, 7) is 8.50. The Labute approximate surface area is 189 Å². The molecule has 0 spiro atoms. The molecule has 0 saturated heterocycles. The van der Waals surface area contributed by atoms with E-state index in [1.54, 1.807) is 18.7 Å². The fourth-order valence-electron chi connectivity index (χ4n) is 4.36. The highest BCUT2D eigenvalue weighted by atomic mass is 16.5. The van der Waals surface area contributed by atoms with E-state index in [1.807, 2.05) is 24.5 Å². The molecule has 0 bridgehead atoms. The average Bonchev–Trinajstić information content (AvgIpc) is 3.21. The van der Waals surface area contributed by atoms with E-state index in [2.05, 4.69) is 56.3 Å². The lowest BCUT2D eigenvalue weighted by molar-refractivity contribution is 0.410. The van der Waals surface area contributed by atoms with E-state index in [0.717, 1.165) is 52.6 Å². The molecule has 0 fully saturated rings. The van der Waals surface area contributed by atoms with Crippen LogP contribution in [0.1, 0.15) is 36.1 Å². The Balaban J connectivity index is 1.75. The second-order valence-electron chi connectivity index (χ2n) is 7.92. The van der Waals surface area contributed by atoms with E-state index in [9.17, 15) is 0 Å². The van der Waals surface area contributed by atoms with E-state index in [1.165, 1.54) is 22.3 Å². The minimum atomic E-state index is 0.749. The zero-order chi connectivity index (χ0) is 22.8. The summed E-state index contributed by atoms with van der Waals surface area (Å²) in [5.41, 5.74) is 8.58. The van der Waals surface area contributed by atoms with Crippen molar-refractivity contribution in [1.82, 2.24) is 14.6 Å². The highest BCUT2D eigenvalue weighted by molar-refractivity contribution is 5.80. The van der Waals surface area contributed by atoms with Crippen molar-refractivity contribution in [3.63, 3.8) is 0 Å². The molecule has 4 rings (SSSR count). The molecule has 0 radical (unpaired) electrons. The van der Waals surface area contributed by atoms with E-state index in [0.29, 0.717) is 0 Å². The van der Waals surface area contributed by atoms with Crippen molar-refractivity contribution < 1.29 is 9.47 Å². The molecule has 0 saturated carbocycles. The maximum absolute atomic E-state index is 5.65. The number of fused-ring (bicyclic) bond motifs is 1. The molecule has 6 nitrogen and oxygen atoms in total. The van der Waals surface area contributed by atoms with Gasteiger partial charge in [-0.25, -0.2) is 9.50 Å². The molecule has 2 heterocycles. The highest BCUT2D eigenvalue weighted by Crippen LogP contribution is 2.33. The van der Waals surface area contributed by atoms with E-state index >= 15 is 0 Å². The quantitative estimate of drug-likeness (QED) is 0.396. The topological polar surface area (TPSA) is 60.7 Å². The lowest BCUT2D eigenvalue weighted by atomic mass is 9.99. The number of nitrogens with one attached hydrogen (secondary N) is 1. The van der Waals surface area contributed by atoms with Gasteiger partial charge in [0.1, 0.15) is 17.3 Å². The first-order chi connectivity index (χ1) is 15.5. The van der Waals surface area contributed by atoms with Gasteiger partial charge in [-0.1, -0.05) is 19.9 Å². The van der Waals surface area contributed by atoms with Crippen LogP contribution in [0.15, 0.2) is 42.7 Å². The predicted molar refractivity (Wildman–Crippen MR) is 129 cm³/mol. The lowest BCUT2D eigenvalue weighted by Crippen LogP contribution is -2.00. The van der Waals surface area contributed by atoms with Gasteiger partial charge in [0.15, 0.2) is 5.65 Å². The third-order valence-electron chi connectivity index (χ3n) is 5.96. The second kappa shape index (κ2) is 8.91. The molecule has 0 aliphatic carbocycles. The molecule has 2 aromatic heterocycles. The molecular formula is C26H30N4O2. The van der Waals surface area contributed by atoms with Crippen molar-refractivity contribution in [3.8, 4) is 22.6 Å². The van der Waals surface area contributed by atoms with Crippen LogP contribution >= 0.6 is 0 Å². The molecule has 0 aliphatic rings. The number of ether oxygens (including phenoxy) is 2. The molecule has 1 N–H and O–H groups in total. The smallest absolute Gasteiger partial charge is 0.165 e. The van der Waals surface area contributed by atoms with Crippen LogP contribution in [0.2, 0.25) is 0 Å². The summed E-state index contributed by atoms with van der Waals surface area (Å²) in [4.78, 5) is 4.87. The van der Waals surface area contributed by atoms with Crippen molar-refractivity contribution in [1.29, 1.82) is 0 Å². The van der Waals surface area contributed by atoms with Gasteiger partial charge in [-0.15, -0.1) is 0 Å². The first-order valence-electron chi connectivity index (χ1n) is 11.0. The number of aromatic nitrogens is 3. The Morgan fingerprint density at radius 2 is 1.56 bits per heavy atom. The minimum absolute atomic E-state index is 0.749. The molecule has 0 unspecified atom stereocenters. The summed E-state index contributed by atoms with van der Waals surface area (Å²) in [5.74, 6) is 2.54. The van der Waals surface area contributed by atoms with Crippen LogP contribution in [0.25, 0.3) is 16.8 Å². The molecule has 0 atom stereocenters. The van der Waals surface area contributed by atoms with Gasteiger partial charge in [0, 0.05) is 23.5 Å². The maximum Gasteiger partial charge on any atom is 0.165 e. The fraction of sp³-hybridized carbons (Fsp3) is 0.308. The zero-order valence-electron chi connectivity index (χ0n) is 19.6. The third kappa shape index (κ3) is 3.88. The van der Waals surface area contributed by atoms with Crippen LogP contribution in [0.5, 0.6) is 11.5 Å². The molecule has 166 valence electrons. The van der Waals surface area contributed by atoms with Gasteiger partial charge in [0.25, 0.3) is 0 Å². The summed E-state index contributed by atoms with van der Waals surface area (Å²) < 4.78 is 13.0. The van der Waals surface area contributed by atoms with Gasteiger partial charge in [-0.3, -0.25) is 0 Å². The van der Waals surface area contributed by atoms with E-state index in [-0.39, 0.29) is 0 Å². The molecule has 32 heavy (non-hydrogen) atoms. The van der Waals surface area contributed by atoms with Gasteiger partial charge in [0.2, 0.25) is 0 Å². The summed E-state index contributed by atoms with van der Waals surface area (Å²) >= 11 is 0. The molecule has 6 heteroatoms. The summed E-state index contributed by atoms with van der Waals surface area (Å²) in [7, 11) is 3.43. The van der Waals surface area contributed by atoms with Gasteiger partial charge in [-0.05, 0) is 72.7 Å². The first kappa shape index (κ1) is 21.7. The Hall–Kier alpha value is -3.54. The van der Waals surface area contributed by atoms with Gasteiger partial charge in [-0.2, -0.15) is 5.10 Å². The van der Waals surface area contributed by atoms with Crippen molar-refractivity contribution in [2.24, 2.45) is 0 Å². The largest absolute Gasteiger partial charge is 0.496 e. The Morgan fingerprint density at radius 3 is 2.22 bits per heavy atom. The number of methoxy groups -OCH3 is 2. The summed E-state index contributed by atoms with van der Waals surface area (Å²) in [5, 5.41) is 7.93. The monoisotopic (exact) mass is 430 g/mol. The number of rotatable bonds is 7. The van der Waals surface area contributed by atoms with Gasteiger partial charge < -0.3 is 14.8 Å². The third-order valence-corrected chi connectivity index (χ3v) is 5.96. The number of aryl methyl sites for hydroxylation is 2. The van der Waals surface area contributed by atoms with Gasteiger partial charge >= 0.3 is 0 Å². The van der Waals surface area contributed by atoms with Crippen LogP contribution < -0.4 is 14.8 Å².